The predicted octanol–water partition coefficient (Wildman–Crippen LogP) is -0.0290. The third-order valence-corrected chi connectivity index (χ3v) is 2.56. The summed E-state index contributed by atoms with van der Waals surface area (Å²) in [6.45, 7) is 5.77. The van der Waals surface area contributed by atoms with E-state index in [1.807, 2.05) is 18.7 Å². The summed E-state index contributed by atoms with van der Waals surface area (Å²) in [5.74, 6) is 0.144. The molecule has 1 amide bonds. The Morgan fingerprint density at radius 1 is 1.62 bits per heavy atom. The van der Waals surface area contributed by atoms with E-state index in [0.29, 0.717) is 26.1 Å². The van der Waals surface area contributed by atoms with Gasteiger partial charge in [0.15, 0.2) is 0 Å². The SMILES string of the molecule is CC1OCCN(C(=O)CCN)C1C. The molecule has 1 rings (SSSR count). The van der Waals surface area contributed by atoms with Gasteiger partial charge in [0.2, 0.25) is 5.91 Å². The maximum atomic E-state index is 11.5. The zero-order valence-electron chi connectivity index (χ0n) is 8.32. The zero-order valence-corrected chi connectivity index (χ0v) is 8.32. The van der Waals surface area contributed by atoms with Gasteiger partial charge in [0.05, 0.1) is 18.8 Å². The van der Waals surface area contributed by atoms with Crippen LogP contribution >= 0.6 is 0 Å². The molecule has 0 aromatic rings. The van der Waals surface area contributed by atoms with Gasteiger partial charge in [-0.05, 0) is 13.8 Å². The molecule has 1 fully saturated rings. The van der Waals surface area contributed by atoms with Crippen LogP contribution in [-0.4, -0.2) is 42.6 Å². The molecule has 0 bridgehead atoms. The lowest BCUT2D eigenvalue weighted by Gasteiger charge is -2.37. The summed E-state index contributed by atoms with van der Waals surface area (Å²) in [5, 5.41) is 0. The van der Waals surface area contributed by atoms with Crippen LogP contribution in [0.25, 0.3) is 0 Å². The first-order chi connectivity index (χ1) is 6.16. The Kier molecular flexibility index (Phi) is 3.69. The molecule has 13 heavy (non-hydrogen) atoms. The molecule has 2 N–H and O–H groups in total. The van der Waals surface area contributed by atoms with Crippen molar-refractivity contribution in [3.8, 4) is 0 Å². The van der Waals surface area contributed by atoms with Crippen molar-refractivity contribution in [3.63, 3.8) is 0 Å². The lowest BCUT2D eigenvalue weighted by Crippen LogP contribution is -2.51. The summed E-state index contributed by atoms with van der Waals surface area (Å²) < 4.78 is 5.42. The lowest BCUT2D eigenvalue weighted by atomic mass is 10.1. The molecular weight excluding hydrogens is 168 g/mol. The molecule has 76 valence electrons. The molecule has 0 aliphatic carbocycles. The number of rotatable bonds is 2. The smallest absolute Gasteiger partial charge is 0.224 e. The second-order valence-electron chi connectivity index (χ2n) is 3.44. The van der Waals surface area contributed by atoms with E-state index >= 15 is 0 Å². The minimum atomic E-state index is 0.135. The quantitative estimate of drug-likeness (QED) is 0.659. The molecule has 0 saturated carbocycles. The first-order valence-electron chi connectivity index (χ1n) is 4.78. The summed E-state index contributed by atoms with van der Waals surface area (Å²) in [6.07, 6.45) is 0.576. The van der Waals surface area contributed by atoms with Gasteiger partial charge in [-0.25, -0.2) is 0 Å². The lowest BCUT2D eigenvalue weighted by molar-refractivity contribution is -0.143. The molecule has 2 unspecified atom stereocenters. The van der Waals surface area contributed by atoms with Gasteiger partial charge in [-0.1, -0.05) is 0 Å². The normalized spacial score (nSPS) is 29.0. The summed E-state index contributed by atoms with van der Waals surface area (Å²) in [4.78, 5) is 13.4. The Labute approximate surface area is 79.0 Å². The van der Waals surface area contributed by atoms with Crippen LogP contribution < -0.4 is 5.73 Å². The second kappa shape index (κ2) is 4.58. The molecule has 1 heterocycles. The first-order valence-corrected chi connectivity index (χ1v) is 4.78. The van der Waals surface area contributed by atoms with Gasteiger partial charge >= 0.3 is 0 Å². The number of carbonyl (C=O) groups excluding carboxylic acids is 1. The first kappa shape index (κ1) is 10.5. The van der Waals surface area contributed by atoms with E-state index in [1.165, 1.54) is 0 Å². The summed E-state index contributed by atoms with van der Waals surface area (Å²) in [6, 6.07) is 0.174. The molecular formula is C9H18N2O2. The average molecular weight is 186 g/mol. The fraction of sp³-hybridized carbons (Fsp3) is 0.889. The van der Waals surface area contributed by atoms with Gasteiger partial charge in [-0.3, -0.25) is 4.79 Å². The summed E-state index contributed by atoms with van der Waals surface area (Å²) in [5.41, 5.74) is 5.34. The summed E-state index contributed by atoms with van der Waals surface area (Å²) >= 11 is 0. The van der Waals surface area contributed by atoms with Crippen LogP contribution in [0.5, 0.6) is 0 Å². The minimum absolute atomic E-state index is 0.135. The number of nitrogens with two attached hydrogens (primary N) is 1. The number of hydrogen-bond acceptors (Lipinski definition) is 3. The van der Waals surface area contributed by atoms with Gasteiger partial charge < -0.3 is 15.4 Å². The number of ether oxygens (including phenoxy) is 1. The molecule has 1 aliphatic heterocycles. The van der Waals surface area contributed by atoms with E-state index in [-0.39, 0.29) is 18.1 Å². The van der Waals surface area contributed by atoms with E-state index in [9.17, 15) is 4.79 Å². The molecule has 4 heteroatoms. The van der Waals surface area contributed by atoms with E-state index in [1.54, 1.807) is 0 Å². The Balaban J connectivity index is 2.52. The Morgan fingerprint density at radius 3 is 2.92 bits per heavy atom. The topological polar surface area (TPSA) is 55.6 Å². The van der Waals surface area contributed by atoms with E-state index in [4.69, 9.17) is 10.5 Å². The number of amides is 1. The van der Waals surface area contributed by atoms with Crippen molar-refractivity contribution in [1.82, 2.24) is 4.90 Å². The number of hydrogen-bond donors (Lipinski definition) is 1. The number of morpholine rings is 1. The third kappa shape index (κ3) is 2.42. The molecule has 0 aromatic carbocycles. The monoisotopic (exact) mass is 186 g/mol. The van der Waals surface area contributed by atoms with Gasteiger partial charge in [0.25, 0.3) is 0 Å². The minimum Gasteiger partial charge on any atom is -0.375 e. The van der Waals surface area contributed by atoms with Crippen LogP contribution in [0.1, 0.15) is 20.3 Å². The standard InChI is InChI=1S/C9H18N2O2/c1-7-8(2)13-6-5-11(7)9(12)3-4-10/h7-8H,3-6,10H2,1-2H3. The van der Waals surface area contributed by atoms with E-state index < -0.39 is 0 Å². The highest BCUT2D eigenvalue weighted by molar-refractivity contribution is 5.76. The van der Waals surface area contributed by atoms with Gasteiger partial charge in [0, 0.05) is 19.5 Å². The molecule has 0 spiro atoms. The molecule has 1 saturated heterocycles. The van der Waals surface area contributed by atoms with Crippen molar-refractivity contribution in [2.45, 2.75) is 32.4 Å². The van der Waals surface area contributed by atoms with Crippen molar-refractivity contribution in [2.24, 2.45) is 5.73 Å². The molecule has 2 atom stereocenters. The molecule has 0 aromatic heterocycles. The zero-order chi connectivity index (χ0) is 9.84. The van der Waals surface area contributed by atoms with Crippen molar-refractivity contribution in [1.29, 1.82) is 0 Å². The van der Waals surface area contributed by atoms with E-state index in [2.05, 4.69) is 0 Å². The number of carbonyl (C=O) groups is 1. The highest BCUT2D eigenvalue weighted by atomic mass is 16.5. The van der Waals surface area contributed by atoms with Crippen LogP contribution in [0, 0.1) is 0 Å². The average Bonchev–Trinajstić information content (AvgIpc) is 2.10. The van der Waals surface area contributed by atoms with Crippen LogP contribution in [0.15, 0.2) is 0 Å². The Hall–Kier alpha value is -0.610. The summed E-state index contributed by atoms with van der Waals surface area (Å²) in [7, 11) is 0. The fourth-order valence-corrected chi connectivity index (χ4v) is 1.55. The largest absolute Gasteiger partial charge is 0.375 e. The highest BCUT2D eigenvalue weighted by Crippen LogP contribution is 2.13. The van der Waals surface area contributed by atoms with Crippen molar-refractivity contribution in [3.05, 3.63) is 0 Å². The molecule has 0 radical (unpaired) electrons. The van der Waals surface area contributed by atoms with Gasteiger partial charge in [-0.2, -0.15) is 0 Å². The van der Waals surface area contributed by atoms with Crippen molar-refractivity contribution >= 4 is 5.91 Å². The van der Waals surface area contributed by atoms with Crippen LogP contribution in [0.2, 0.25) is 0 Å². The van der Waals surface area contributed by atoms with Crippen molar-refractivity contribution in [2.75, 3.05) is 19.7 Å². The molecule has 1 aliphatic rings. The maximum Gasteiger partial charge on any atom is 0.224 e. The Bertz CT molecular complexity index is 184. The molecule has 4 nitrogen and oxygen atoms in total. The Morgan fingerprint density at radius 2 is 2.31 bits per heavy atom. The van der Waals surface area contributed by atoms with Gasteiger partial charge in [0.1, 0.15) is 0 Å². The van der Waals surface area contributed by atoms with Gasteiger partial charge in [-0.15, -0.1) is 0 Å². The maximum absolute atomic E-state index is 11.5. The number of nitrogens with zero attached hydrogens (tertiary/aromatic N) is 1. The third-order valence-electron chi connectivity index (χ3n) is 2.56. The second-order valence-corrected chi connectivity index (χ2v) is 3.44. The van der Waals surface area contributed by atoms with Crippen LogP contribution in [-0.2, 0) is 9.53 Å². The van der Waals surface area contributed by atoms with Crippen LogP contribution in [0.4, 0.5) is 0 Å². The van der Waals surface area contributed by atoms with Crippen molar-refractivity contribution < 1.29 is 9.53 Å². The predicted molar refractivity (Wildman–Crippen MR) is 50.3 cm³/mol. The highest BCUT2D eigenvalue weighted by Gasteiger charge is 2.28. The fourth-order valence-electron chi connectivity index (χ4n) is 1.55. The van der Waals surface area contributed by atoms with E-state index in [0.717, 1.165) is 0 Å². The van der Waals surface area contributed by atoms with Crippen LogP contribution in [0.3, 0.4) is 0 Å².